The first-order valence-corrected chi connectivity index (χ1v) is 12.9. The summed E-state index contributed by atoms with van der Waals surface area (Å²) in [6, 6.07) is 16.9. The summed E-state index contributed by atoms with van der Waals surface area (Å²) < 4.78 is 0. The zero-order valence-corrected chi connectivity index (χ0v) is 22.1. The highest BCUT2D eigenvalue weighted by molar-refractivity contribution is 8.13. The van der Waals surface area contributed by atoms with Crippen LogP contribution in [0.15, 0.2) is 54.6 Å². The first-order valence-electron chi connectivity index (χ1n) is 12.0. The molecule has 0 aliphatic carbocycles. The van der Waals surface area contributed by atoms with Gasteiger partial charge in [-0.2, -0.15) is 0 Å². The summed E-state index contributed by atoms with van der Waals surface area (Å²) in [6.45, 7) is 5.66. The summed E-state index contributed by atoms with van der Waals surface area (Å²) in [5.74, 6) is 0.303. The Hall–Kier alpha value is -2.84. The van der Waals surface area contributed by atoms with Gasteiger partial charge in [-0.25, -0.2) is 4.79 Å². The molecule has 2 rings (SSSR count). The molecule has 0 aliphatic heterocycles. The van der Waals surface area contributed by atoms with E-state index in [0.717, 1.165) is 16.7 Å². The highest BCUT2D eigenvalue weighted by Gasteiger charge is 2.24. The second-order valence-electron chi connectivity index (χ2n) is 8.85. The molecule has 0 heterocycles. The Labute approximate surface area is 213 Å². The number of urea groups is 1. The number of carbonyl (C=O) groups excluding carboxylic acids is 3. The van der Waals surface area contributed by atoms with Crippen molar-refractivity contribution in [2.24, 2.45) is 0 Å². The van der Waals surface area contributed by atoms with Gasteiger partial charge in [0.25, 0.3) is 0 Å². The molecule has 7 nitrogen and oxygen atoms in total. The Balaban J connectivity index is 2.11. The monoisotopic (exact) mass is 498 g/mol. The van der Waals surface area contributed by atoms with E-state index >= 15 is 0 Å². The van der Waals surface area contributed by atoms with Crippen molar-refractivity contribution in [2.45, 2.75) is 32.7 Å². The van der Waals surface area contributed by atoms with Crippen molar-refractivity contribution in [2.75, 3.05) is 46.0 Å². The lowest BCUT2D eigenvalue weighted by molar-refractivity contribution is -0.123. The van der Waals surface area contributed by atoms with Crippen LogP contribution in [0.25, 0.3) is 0 Å². The van der Waals surface area contributed by atoms with Gasteiger partial charge in [0.05, 0.1) is 0 Å². The number of hydrogen-bond donors (Lipinski definition) is 2. The molecule has 3 amide bonds. The lowest BCUT2D eigenvalue weighted by Crippen LogP contribution is -2.53. The van der Waals surface area contributed by atoms with Gasteiger partial charge in [-0.3, -0.25) is 9.59 Å². The maximum Gasteiger partial charge on any atom is 0.318 e. The highest BCUT2D eigenvalue weighted by Crippen LogP contribution is 2.09. The Morgan fingerprint density at radius 2 is 1.60 bits per heavy atom. The minimum absolute atomic E-state index is 0.0194. The van der Waals surface area contributed by atoms with E-state index in [1.165, 1.54) is 18.7 Å². The Morgan fingerprint density at radius 3 is 2.23 bits per heavy atom. The summed E-state index contributed by atoms with van der Waals surface area (Å²) in [5.41, 5.74) is 3.24. The van der Waals surface area contributed by atoms with Crippen LogP contribution < -0.4 is 10.6 Å². The van der Waals surface area contributed by atoms with Gasteiger partial charge in [0.2, 0.25) is 5.91 Å². The fourth-order valence-electron chi connectivity index (χ4n) is 3.46. The van der Waals surface area contributed by atoms with Crippen molar-refractivity contribution in [1.82, 2.24) is 20.4 Å². The number of rotatable bonds is 13. The Bertz CT molecular complexity index is 935. The lowest BCUT2D eigenvalue weighted by atomic mass is 10.0. The molecule has 8 heteroatoms. The minimum atomic E-state index is -0.702. The van der Waals surface area contributed by atoms with E-state index in [1.54, 1.807) is 4.90 Å². The molecule has 1 atom stereocenters. The minimum Gasteiger partial charge on any atom is -0.353 e. The van der Waals surface area contributed by atoms with Gasteiger partial charge in [-0.1, -0.05) is 71.9 Å². The van der Waals surface area contributed by atoms with Crippen LogP contribution in [0.2, 0.25) is 0 Å². The first-order chi connectivity index (χ1) is 16.7. The molecule has 2 N–H and O–H groups in total. The zero-order chi connectivity index (χ0) is 25.6. The number of benzene rings is 2. The van der Waals surface area contributed by atoms with E-state index in [0.29, 0.717) is 44.8 Å². The largest absolute Gasteiger partial charge is 0.353 e. The van der Waals surface area contributed by atoms with Crippen molar-refractivity contribution in [1.29, 1.82) is 0 Å². The van der Waals surface area contributed by atoms with Gasteiger partial charge < -0.3 is 20.4 Å². The molecule has 35 heavy (non-hydrogen) atoms. The maximum absolute atomic E-state index is 13.3. The number of hydrogen-bond acceptors (Lipinski definition) is 5. The van der Waals surface area contributed by atoms with Gasteiger partial charge in [-0.05, 0) is 38.6 Å². The number of nitrogens with one attached hydrogen (secondary N) is 2. The second kappa shape index (κ2) is 15.2. The number of nitrogens with zero attached hydrogens (tertiary/aromatic N) is 2. The van der Waals surface area contributed by atoms with Crippen LogP contribution in [0.4, 0.5) is 4.79 Å². The SMILES string of the molecule is CC(=O)SCCN(CCc1ccccc1)C(=O)N[C@@H](Cc1ccc(C)cc1)C(=O)NCCN(C)C. The smallest absolute Gasteiger partial charge is 0.318 e. The number of thioether (sulfide) groups is 1. The van der Waals surface area contributed by atoms with Crippen molar-refractivity contribution in [3.05, 3.63) is 71.3 Å². The van der Waals surface area contributed by atoms with E-state index in [2.05, 4.69) is 10.6 Å². The van der Waals surface area contributed by atoms with Crippen LogP contribution in [-0.4, -0.2) is 78.9 Å². The number of aryl methyl sites for hydroxylation is 1. The number of amides is 3. The molecule has 0 aromatic heterocycles. The van der Waals surface area contributed by atoms with Crippen LogP contribution in [0.1, 0.15) is 23.6 Å². The first kappa shape index (κ1) is 28.4. The summed E-state index contributed by atoms with van der Waals surface area (Å²) in [4.78, 5) is 41.4. The summed E-state index contributed by atoms with van der Waals surface area (Å²) in [5, 5.41) is 5.92. The molecule has 2 aromatic carbocycles. The van der Waals surface area contributed by atoms with Gasteiger partial charge in [-0.15, -0.1) is 0 Å². The fraction of sp³-hybridized carbons (Fsp3) is 0.444. The quantitative estimate of drug-likeness (QED) is 0.444. The van der Waals surface area contributed by atoms with E-state index < -0.39 is 6.04 Å². The molecule has 0 saturated carbocycles. The molecule has 190 valence electrons. The number of carbonyl (C=O) groups is 3. The number of likely N-dealkylation sites (N-methyl/N-ethyl adjacent to an activating group) is 1. The fourth-order valence-corrected chi connectivity index (χ4v) is 4.06. The van der Waals surface area contributed by atoms with Crippen LogP contribution in [0.3, 0.4) is 0 Å². The van der Waals surface area contributed by atoms with Gasteiger partial charge in [0, 0.05) is 45.3 Å². The Kier molecular flexibility index (Phi) is 12.3. The van der Waals surface area contributed by atoms with Crippen LogP contribution in [0.5, 0.6) is 0 Å². The van der Waals surface area contributed by atoms with E-state index in [9.17, 15) is 14.4 Å². The second-order valence-corrected chi connectivity index (χ2v) is 10.1. The van der Waals surface area contributed by atoms with Crippen molar-refractivity contribution >= 4 is 28.8 Å². The van der Waals surface area contributed by atoms with Crippen LogP contribution in [0, 0.1) is 6.92 Å². The molecule has 0 radical (unpaired) electrons. The molecule has 2 aromatic rings. The standard InChI is InChI=1S/C27H38N4O3S/c1-21-10-12-24(13-11-21)20-25(26(33)28-15-17-30(3)4)29-27(34)31(18-19-35-22(2)32)16-14-23-8-6-5-7-9-23/h5-13,25H,14-20H2,1-4H3,(H,28,33)(H,29,34)/t25-/m0/s1. The highest BCUT2D eigenvalue weighted by atomic mass is 32.2. The summed E-state index contributed by atoms with van der Waals surface area (Å²) in [7, 11) is 3.89. The van der Waals surface area contributed by atoms with Crippen molar-refractivity contribution in [3.63, 3.8) is 0 Å². The van der Waals surface area contributed by atoms with Crippen LogP contribution >= 0.6 is 11.8 Å². The van der Waals surface area contributed by atoms with Gasteiger partial charge in [0.15, 0.2) is 5.12 Å². The Morgan fingerprint density at radius 1 is 0.914 bits per heavy atom. The average molecular weight is 499 g/mol. The normalized spacial score (nSPS) is 11.7. The van der Waals surface area contributed by atoms with Gasteiger partial charge in [0.1, 0.15) is 6.04 Å². The molecule has 0 fully saturated rings. The van der Waals surface area contributed by atoms with Crippen molar-refractivity contribution in [3.8, 4) is 0 Å². The third-order valence-electron chi connectivity index (χ3n) is 5.50. The van der Waals surface area contributed by atoms with E-state index in [-0.39, 0.29) is 17.1 Å². The average Bonchev–Trinajstić information content (AvgIpc) is 2.82. The third kappa shape index (κ3) is 11.4. The lowest BCUT2D eigenvalue weighted by Gasteiger charge is -2.26. The topological polar surface area (TPSA) is 81.8 Å². The summed E-state index contributed by atoms with van der Waals surface area (Å²) >= 11 is 1.20. The molecular formula is C27H38N4O3S. The summed E-state index contributed by atoms with van der Waals surface area (Å²) in [6.07, 6.45) is 1.09. The molecule has 0 bridgehead atoms. The van der Waals surface area contributed by atoms with E-state index in [4.69, 9.17) is 0 Å². The van der Waals surface area contributed by atoms with E-state index in [1.807, 2.05) is 80.5 Å². The van der Waals surface area contributed by atoms with Crippen LogP contribution in [-0.2, 0) is 22.4 Å². The molecule has 0 unspecified atom stereocenters. The van der Waals surface area contributed by atoms with Crippen molar-refractivity contribution < 1.29 is 14.4 Å². The predicted molar refractivity (Wildman–Crippen MR) is 144 cm³/mol. The predicted octanol–water partition coefficient (Wildman–Crippen LogP) is 3.12. The molecule has 0 spiro atoms. The maximum atomic E-state index is 13.3. The molecular weight excluding hydrogens is 460 g/mol. The zero-order valence-electron chi connectivity index (χ0n) is 21.3. The molecule has 0 saturated heterocycles. The van der Waals surface area contributed by atoms with Gasteiger partial charge >= 0.3 is 6.03 Å². The third-order valence-corrected chi connectivity index (χ3v) is 6.29. The molecule has 0 aliphatic rings.